The van der Waals surface area contributed by atoms with Gasteiger partial charge in [0.05, 0.1) is 17.0 Å². The second kappa shape index (κ2) is 6.22. The molecule has 0 saturated heterocycles. The van der Waals surface area contributed by atoms with Crippen molar-refractivity contribution in [3.63, 3.8) is 0 Å². The molecule has 2 bridgehead atoms. The first kappa shape index (κ1) is 27.1. The van der Waals surface area contributed by atoms with Gasteiger partial charge in [-0.1, -0.05) is 17.7 Å². The van der Waals surface area contributed by atoms with E-state index in [1.54, 1.807) is 151 Å². The number of hydrogen-bond acceptors (Lipinski definition) is 2. The third-order valence-corrected chi connectivity index (χ3v) is 26.4. The van der Waals surface area contributed by atoms with Crippen molar-refractivity contribution in [3.8, 4) is 0 Å². The highest BCUT2D eigenvalue weighted by Crippen LogP contribution is 2.81. The van der Waals surface area contributed by atoms with Gasteiger partial charge in [0, 0.05) is 0 Å². The van der Waals surface area contributed by atoms with E-state index in [9.17, 15) is 0 Å². The van der Waals surface area contributed by atoms with E-state index in [0.717, 1.165) is 5.56 Å². The molecule has 2 heterocycles. The maximum absolute atomic E-state index is 16.9. The highest BCUT2D eigenvalue weighted by atomic mass is 32.2. The van der Waals surface area contributed by atoms with Gasteiger partial charge in [0.25, 0.3) is 0 Å². The molecule has 300 valence electrons. The monoisotopic (exact) mass is 891 g/mol. The van der Waals surface area contributed by atoms with Gasteiger partial charge in [-0.05, 0) is 332 Å². The molecule has 0 unspecified atom stereocenters. The topological polar surface area (TPSA) is 37.4 Å². The molecule has 4 aliphatic rings. The van der Waals surface area contributed by atoms with E-state index in [-0.39, 0.29) is 0 Å². The van der Waals surface area contributed by atoms with Crippen molar-refractivity contribution >= 4 is 301 Å². The summed E-state index contributed by atoms with van der Waals surface area (Å²) in [6.45, 7) is 2.08. The largest absolute Gasteiger partial charge is 0.244 e. The van der Waals surface area contributed by atoms with E-state index in [2.05, 4.69) is 11.2 Å². The molecule has 2 aliphatic heterocycles. The molecule has 0 aromatic heterocycles. The number of rotatable bonds is 2. The van der Waals surface area contributed by atoms with Crippen LogP contribution in [0, 0.1) is 6.92 Å². The molecule has 33 rings (SSSR count). The molecule has 0 fully saturated rings. The Kier molecular flexibility index (Phi) is 2.38. The van der Waals surface area contributed by atoms with Crippen LogP contribution >= 0.6 is 0 Å². The highest BCUT2D eigenvalue weighted by molar-refractivity contribution is 7.89. The Morgan fingerprint density at radius 3 is 0.535 bits per heavy atom. The lowest BCUT2D eigenvalue weighted by Gasteiger charge is -2.34. The fourth-order valence-electron chi connectivity index (χ4n) is 24.1. The van der Waals surface area contributed by atoms with Gasteiger partial charge in [0.2, 0.25) is 10.0 Å². The second-order valence-corrected chi connectivity index (χ2v) is 27.2. The number of benzene rings is 19. The minimum Gasteiger partial charge on any atom is -0.207 e. The molecular weight excluding hydrogens is 883 g/mol. The van der Waals surface area contributed by atoms with Gasteiger partial charge in [-0.3, -0.25) is 0 Å². The van der Waals surface area contributed by atoms with E-state index in [1.165, 1.54) is 162 Å². The first-order chi connectivity index (χ1) is 35.1. The van der Waals surface area contributed by atoms with Crippen LogP contribution in [-0.4, -0.2) is 12.7 Å². The van der Waals surface area contributed by atoms with Crippen LogP contribution in [0.5, 0.6) is 0 Å². The number of hydrogen-bond donors (Lipinski definition) is 0. The summed E-state index contributed by atoms with van der Waals surface area (Å²) >= 11 is 0. The predicted octanol–water partition coefficient (Wildman–Crippen LogP) is 17.9. The van der Waals surface area contributed by atoms with Crippen LogP contribution in [0.15, 0.2) is 29.2 Å². The summed E-state index contributed by atoms with van der Waals surface area (Å²) in [4.78, 5) is 0.420. The van der Waals surface area contributed by atoms with Crippen molar-refractivity contribution < 1.29 is 8.42 Å². The summed E-state index contributed by atoms with van der Waals surface area (Å²) in [6.07, 6.45) is 0. The van der Waals surface area contributed by atoms with Crippen LogP contribution in [0.3, 0.4) is 0 Å². The first-order valence-corrected chi connectivity index (χ1v) is 27.4. The Bertz CT molecular complexity index is 6940. The average molecular weight is 892 g/mol. The zero-order valence-electron chi connectivity index (χ0n) is 36.1. The van der Waals surface area contributed by atoms with Gasteiger partial charge in [-0.15, -0.1) is 0 Å². The smallest absolute Gasteiger partial charge is 0.207 e. The molecular formula is C67H9NO2S. The number of aryl methyl sites for hydroxylation is 1. The second-order valence-electron chi connectivity index (χ2n) is 25.4. The van der Waals surface area contributed by atoms with Crippen LogP contribution in [0.25, 0.3) is 291 Å². The van der Waals surface area contributed by atoms with E-state index < -0.39 is 22.1 Å². The molecule has 0 amide bonds. The Morgan fingerprint density at radius 2 is 0.380 bits per heavy atom. The Labute approximate surface area is 387 Å². The van der Waals surface area contributed by atoms with Crippen LogP contribution in [0.2, 0.25) is 0 Å². The molecule has 0 radical (unpaired) electrons. The van der Waals surface area contributed by atoms with Crippen molar-refractivity contribution in [1.82, 2.24) is 4.31 Å². The molecule has 3 nitrogen and oxygen atoms in total. The third kappa shape index (κ3) is 1.53. The van der Waals surface area contributed by atoms with E-state index in [4.69, 9.17) is 0 Å². The molecule has 0 N–H and O–H groups in total. The van der Waals surface area contributed by atoms with Crippen molar-refractivity contribution in [1.29, 1.82) is 0 Å². The van der Waals surface area contributed by atoms with Crippen molar-refractivity contribution in [2.24, 2.45) is 0 Å². The molecule has 0 spiro atoms. The van der Waals surface area contributed by atoms with Crippen LogP contribution in [-0.2, 0) is 10.0 Å². The fourth-order valence-corrected chi connectivity index (χ4v) is 25.8. The lowest BCUT2D eigenvalue weighted by atomic mass is 9.88. The lowest BCUT2D eigenvalue weighted by molar-refractivity contribution is 0.328. The minimum atomic E-state index is -4.12. The molecule has 4 heteroatoms. The third-order valence-electron chi connectivity index (χ3n) is 24.6. The first-order valence-electron chi connectivity index (χ1n) is 26.0. The Balaban J connectivity index is 1.16. The Morgan fingerprint density at radius 1 is 0.239 bits per heavy atom. The summed E-state index contributed by atoms with van der Waals surface area (Å²) < 4.78 is 36.0. The van der Waals surface area contributed by atoms with Gasteiger partial charge >= 0.3 is 0 Å². The summed E-state index contributed by atoms with van der Waals surface area (Å²) in [5, 5.41) is 81.9. The zero-order chi connectivity index (χ0) is 42.7. The van der Waals surface area contributed by atoms with Crippen LogP contribution in [0.1, 0.15) is 39.9 Å². The summed E-state index contributed by atoms with van der Waals surface area (Å²) in [7, 11) is -4.12. The molecule has 71 heavy (non-hydrogen) atoms. The number of nitrogens with zero attached hydrogens (tertiary/aromatic N) is 1. The van der Waals surface area contributed by atoms with Gasteiger partial charge in [-0.25, -0.2) is 8.42 Å². The summed E-state index contributed by atoms with van der Waals surface area (Å²) in [5.41, 5.74) is 6.35. The van der Waals surface area contributed by atoms with E-state index >= 15 is 8.42 Å². The molecule has 0 saturated carbocycles. The van der Waals surface area contributed by atoms with Crippen molar-refractivity contribution in [3.05, 3.63) is 52.1 Å². The SMILES string of the molecule is Cc1ccc(S(=O)(=O)N2C3c4c5c6c7c8c9c(c%10c%11c3c3c4c4c%12c5c5c6c6c8c8c%13c9c9c%10c%10c%11c%11c3c3c4c4c%12c%12c5c5c6c8c6c8c%13c9c9c%10c%10c%11c3c3c4c4c%12c5c6c5c8c9c%10c3c45)C72)cc1. The van der Waals surface area contributed by atoms with E-state index in [0.29, 0.717) is 4.90 Å². The minimum absolute atomic E-state index is 0.420. The fraction of sp³-hybridized carbons (Fsp3) is 0.0448. The van der Waals surface area contributed by atoms with E-state index in [1.807, 2.05) is 24.3 Å². The summed E-state index contributed by atoms with van der Waals surface area (Å²) in [5.74, 6) is 0. The van der Waals surface area contributed by atoms with Gasteiger partial charge < -0.3 is 0 Å². The van der Waals surface area contributed by atoms with Gasteiger partial charge in [-0.2, -0.15) is 4.31 Å². The maximum atomic E-state index is 16.9. The highest BCUT2D eigenvalue weighted by Gasteiger charge is 2.58. The van der Waals surface area contributed by atoms with Gasteiger partial charge in [0.1, 0.15) is 0 Å². The van der Waals surface area contributed by atoms with Crippen molar-refractivity contribution in [2.75, 3.05) is 0 Å². The van der Waals surface area contributed by atoms with Crippen LogP contribution in [0.4, 0.5) is 0 Å². The molecule has 29 aromatic rings. The quantitative estimate of drug-likeness (QED) is 0.162. The Hall–Kier alpha value is -8.41. The van der Waals surface area contributed by atoms with Crippen LogP contribution < -0.4 is 0 Å². The molecule has 0 atom stereocenters. The molecule has 29 aromatic carbocycles. The maximum Gasteiger partial charge on any atom is 0.244 e. The summed E-state index contributed by atoms with van der Waals surface area (Å²) in [6, 6.07) is 6.96. The number of sulfonamides is 1. The van der Waals surface area contributed by atoms with Crippen molar-refractivity contribution in [2.45, 2.75) is 23.9 Å². The predicted molar refractivity (Wildman–Crippen MR) is 296 cm³/mol. The van der Waals surface area contributed by atoms with Gasteiger partial charge in [0.15, 0.2) is 0 Å². The molecule has 2 aliphatic carbocycles. The normalized spacial score (nSPS) is 20.2. The zero-order valence-corrected chi connectivity index (χ0v) is 37.0. The average Bonchev–Trinajstić information content (AvgIpc) is 4.38. The lowest BCUT2D eigenvalue weighted by Crippen LogP contribution is -2.37. The standard InChI is InChI=1S/C67H9NO2S/c1-6-2-4-7(5-3-6)71(69,70)68-66-62-54-46-36-26-18-10-8-9-12-16-14(10)22-30-24(16)34-28-20(12)21-13(9)17-15-11(8)19(18)27-33-23(15)31-25(17)35-29(21)39-38(28)48-42(34)52-44(30)50(40(46)32(22)26)58(62)60(52)64-56(48)57-49(39)43(35)53-45(31)51-41(33)47(37(27)36)55(54)63(66)59(51)61(53)65(57)67(64)68/h2-5,66-67H,1H3.